The molecule has 0 unspecified atom stereocenters. The van der Waals surface area contributed by atoms with Gasteiger partial charge in [-0.05, 0) is 24.6 Å². The summed E-state index contributed by atoms with van der Waals surface area (Å²) in [5.41, 5.74) is 2.56. The second-order valence-electron chi connectivity index (χ2n) is 5.36. The van der Waals surface area contributed by atoms with Gasteiger partial charge in [-0.2, -0.15) is 0 Å². The average Bonchev–Trinajstić information content (AvgIpc) is 2.80. The zero-order chi connectivity index (χ0) is 13.6. The first-order chi connectivity index (χ1) is 9.84. The van der Waals surface area contributed by atoms with Crippen LogP contribution in [0, 0.1) is 0 Å². The smallest absolute Gasteiger partial charge is 0.256 e. The third kappa shape index (κ3) is 1.36. The third-order valence-electron chi connectivity index (χ3n) is 4.33. The highest BCUT2D eigenvalue weighted by Crippen LogP contribution is 2.43. The zero-order valence-electron chi connectivity index (χ0n) is 11.2. The fourth-order valence-electron chi connectivity index (χ4n) is 3.49. The molecule has 0 saturated carbocycles. The summed E-state index contributed by atoms with van der Waals surface area (Å²) in [5.74, 6) is 0.136. The monoisotopic (exact) mass is 264 g/mol. The van der Waals surface area contributed by atoms with Crippen LogP contribution in [-0.2, 0) is 5.66 Å². The number of benzene rings is 2. The largest absolute Gasteiger partial charge is 0.312 e. The molecule has 2 heterocycles. The number of fused-ring (bicyclic) bond motifs is 3. The van der Waals surface area contributed by atoms with Crippen molar-refractivity contribution < 1.29 is 4.79 Å². The second-order valence-corrected chi connectivity index (χ2v) is 5.36. The minimum atomic E-state index is -0.479. The minimum Gasteiger partial charge on any atom is -0.312 e. The zero-order valence-corrected chi connectivity index (χ0v) is 11.2. The Morgan fingerprint density at radius 1 is 1.00 bits per heavy atom. The van der Waals surface area contributed by atoms with Crippen LogP contribution in [0.15, 0.2) is 54.6 Å². The quantitative estimate of drug-likeness (QED) is 0.857. The molecule has 0 aliphatic carbocycles. The summed E-state index contributed by atoms with van der Waals surface area (Å²) in [6.07, 6.45) is 0.994. The van der Waals surface area contributed by atoms with Crippen LogP contribution in [-0.4, -0.2) is 23.9 Å². The third-order valence-corrected chi connectivity index (χ3v) is 4.33. The maximum atomic E-state index is 12.7. The van der Waals surface area contributed by atoms with E-state index in [0.29, 0.717) is 0 Å². The van der Waals surface area contributed by atoms with Crippen molar-refractivity contribution in [2.24, 2.45) is 0 Å². The van der Waals surface area contributed by atoms with E-state index < -0.39 is 5.66 Å². The first kappa shape index (κ1) is 11.7. The van der Waals surface area contributed by atoms with Gasteiger partial charge in [0.2, 0.25) is 0 Å². The molecule has 0 spiro atoms. The summed E-state index contributed by atoms with van der Waals surface area (Å²) in [7, 11) is 0. The van der Waals surface area contributed by atoms with Crippen molar-refractivity contribution in [1.82, 2.24) is 10.2 Å². The average molecular weight is 264 g/mol. The molecule has 0 radical (unpaired) electrons. The Balaban J connectivity index is 2.01. The van der Waals surface area contributed by atoms with Gasteiger partial charge in [0.05, 0.1) is 0 Å². The molecule has 2 aliphatic heterocycles. The van der Waals surface area contributed by atoms with Gasteiger partial charge < -0.3 is 4.90 Å². The lowest BCUT2D eigenvalue weighted by Gasteiger charge is -2.44. The topological polar surface area (TPSA) is 32.3 Å². The van der Waals surface area contributed by atoms with Crippen molar-refractivity contribution in [3.63, 3.8) is 0 Å². The number of amides is 1. The molecule has 4 rings (SSSR count). The molecule has 2 aromatic rings. The molecule has 20 heavy (non-hydrogen) atoms. The number of hydrogen-bond acceptors (Lipinski definition) is 2. The van der Waals surface area contributed by atoms with Crippen LogP contribution in [0.1, 0.15) is 27.9 Å². The number of carbonyl (C=O) groups is 1. The van der Waals surface area contributed by atoms with E-state index in [0.717, 1.165) is 36.2 Å². The molecule has 3 heteroatoms. The standard InChI is InChI=1S/C17H16N2O/c20-16-14-9-4-5-10-15(14)17(13-7-2-1-3-8-13)18-11-6-12-19(16)17/h1-5,7-10,18H,6,11-12H2/t17-/m1/s1. The van der Waals surface area contributed by atoms with Gasteiger partial charge in [-0.25, -0.2) is 0 Å². The molecule has 1 fully saturated rings. The van der Waals surface area contributed by atoms with E-state index in [1.165, 1.54) is 0 Å². The van der Waals surface area contributed by atoms with E-state index in [1.807, 2.05) is 41.3 Å². The lowest BCUT2D eigenvalue weighted by atomic mass is 9.89. The van der Waals surface area contributed by atoms with Crippen LogP contribution in [0.3, 0.4) is 0 Å². The van der Waals surface area contributed by atoms with Gasteiger partial charge in [0.15, 0.2) is 0 Å². The molecule has 0 aromatic heterocycles. The maximum Gasteiger partial charge on any atom is 0.256 e. The molecule has 2 aromatic carbocycles. The summed E-state index contributed by atoms with van der Waals surface area (Å²) in [4.78, 5) is 14.7. The van der Waals surface area contributed by atoms with E-state index in [1.54, 1.807) is 0 Å². The van der Waals surface area contributed by atoms with Gasteiger partial charge in [0, 0.05) is 17.7 Å². The Morgan fingerprint density at radius 2 is 1.75 bits per heavy atom. The maximum absolute atomic E-state index is 12.7. The molecule has 1 amide bonds. The lowest BCUT2D eigenvalue weighted by Crippen LogP contribution is -2.59. The molecular formula is C17H16N2O. The van der Waals surface area contributed by atoms with Crippen molar-refractivity contribution in [2.75, 3.05) is 13.1 Å². The first-order valence-corrected chi connectivity index (χ1v) is 7.06. The van der Waals surface area contributed by atoms with E-state index in [-0.39, 0.29) is 5.91 Å². The second kappa shape index (κ2) is 4.18. The van der Waals surface area contributed by atoms with Crippen LogP contribution in [0.2, 0.25) is 0 Å². The molecule has 100 valence electrons. The summed E-state index contributed by atoms with van der Waals surface area (Å²) < 4.78 is 0. The Morgan fingerprint density at radius 3 is 2.60 bits per heavy atom. The highest BCUT2D eigenvalue weighted by Gasteiger charge is 2.51. The fraction of sp³-hybridized carbons (Fsp3) is 0.235. The molecule has 3 nitrogen and oxygen atoms in total. The predicted molar refractivity (Wildman–Crippen MR) is 77.3 cm³/mol. The van der Waals surface area contributed by atoms with Crippen molar-refractivity contribution in [3.05, 3.63) is 71.3 Å². The molecule has 1 N–H and O–H groups in total. The fourth-order valence-corrected chi connectivity index (χ4v) is 3.49. The van der Waals surface area contributed by atoms with Crippen LogP contribution >= 0.6 is 0 Å². The number of nitrogens with zero attached hydrogens (tertiary/aromatic N) is 1. The molecular weight excluding hydrogens is 248 g/mol. The predicted octanol–water partition coefficient (Wildman–Crippen LogP) is 2.34. The number of hydrogen-bond donors (Lipinski definition) is 1. The SMILES string of the molecule is O=C1c2ccccc2[C@]2(c3ccccc3)NCCCN12. The minimum absolute atomic E-state index is 0.136. The van der Waals surface area contributed by atoms with E-state index >= 15 is 0 Å². The number of carbonyl (C=O) groups excluding carboxylic acids is 1. The van der Waals surface area contributed by atoms with Gasteiger partial charge >= 0.3 is 0 Å². The van der Waals surface area contributed by atoms with Gasteiger partial charge in [-0.1, -0.05) is 48.5 Å². The molecule has 2 aliphatic rings. The summed E-state index contributed by atoms with van der Waals surface area (Å²) in [6, 6.07) is 18.2. The Labute approximate surface area is 118 Å². The Kier molecular flexibility index (Phi) is 2.44. The summed E-state index contributed by atoms with van der Waals surface area (Å²) in [6.45, 7) is 1.72. The van der Waals surface area contributed by atoms with Gasteiger partial charge in [0.25, 0.3) is 5.91 Å². The van der Waals surface area contributed by atoms with Gasteiger partial charge in [-0.3, -0.25) is 10.1 Å². The van der Waals surface area contributed by atoms with E-state index in [2.05, 4.69) is 23.5 Å². The van der Waals surface area contributed by atoms with Crippen LogP contribution in [0.25, 0.3) is 0 Å². The molecule has 1 saturated heterocycles. The first-order valence-electron chi connectivity index (χ1n) is 7.06. The van der Waals surface area contributed by atoms with Crippen LogP contribution in [0.4, 0.5) is 0 Å². The number of rotatable bonds is 1. The summed E-state index contributed by atoms with van der Waals surface area (Å²) >= 11 is 0. The molecule has 1 atom stereocenters. The number of nitrogens with one attached hydrogen (secondary N) is 1. The lowest BCUT2D eigenvalue weighted by molar-refractivity contribution is 0.0457. The Hall–Kier alpha value is -2.13. The van der Waals surface area contributed by atoms with Gasteiger partial charge in [0.1, 0.15) is 5.66 Å². The molecule has 0 bridgehead atoms. The summed E-state index contributed by atoms with van der Waals surface area (Å²) in [5, 5.41) is 3.60. The van der Waals surface area contributed by atoms with Crippen molar-refractivity contribution in [3.8, 4) is 0 Å². The Bertz CT molecular complexity index is 668. The normalized spacial score (nSPS) is 24.4. The van der Waals surface area contributed by atoms with E-state index in [9.17, 15) is 4.79 Å². The van der Waals surface area contributed by atoms with Gasteiger partial charge in [-0.15, -0.1) is 0 Å². The highest BCUT2D eigenvalue weighted by molar-refractivity contribution is 6.00. The van der Waals surface area contributed by atoms with E-state index in [4.69, 9.17) is 0 Å². The van der Waals surface area contributed by atoms with Crippen molar-refractivity contribution >= 4 is 5.91 Å². The van der Waals surface area contributed by atoms with Crippen molar-refractivity contribution in [2.45, 2.75) is 12.1 Å². The van der Waals surface area contributed by atoms with Crippen molar-refractivity contribution in [1.29, 1.82) is 0 Å². The van der Waals surface area contributed by atoms with Crippen LogP contribution in [0.5, 0.6) is 0 Å². The van der Waals surface area contributed by atoms with Crippen LogP contribution < -0.4 is 5.32 Å². The highest BCUT2D eigenvalue weighted by atomic mass is 16.2.